The summed E-state index contributed by atoms with van der Waals surface area (Å²) < 4.78 is 2.51. The van der Waals surface area contributed by atoms with E-state index in [-0.39, 0.29) is 0 Å². The molecule has 1 heterocycles. The normalized spacial score (nSPS) is 10.6. The second kappa shape index (κ2) is 4.51. The molecule has 2 aromatic rings. The smallest absolute Gasteiger partial charge is 0.0793 e. The molecule has 3 nitrogen and oxygen atoms in total. The lowest BCUT2D eigenvalue weighted by Crippen LogP contribution is -2.00. The summed E-state index contributed by atoms with van der Waals surface area (Å²) in [6.07, 6.45) is 1.63. The summed E-state index contributed by atoms with van der Waals surface area (Å²) in [6, 6.07) is 5.55. The Balaban J connectivity index is 2.50. The molecule has 0 amide bonds. The van der Waals surface area contributed by atoms with Crippen LogP contribution in [0.2, 0.25) is 5.02 Å². The molecule has 0 aliphatic rings. The topological polar surface area (TPSA) is 30.7 Å². The van der Waals surface area contributed by atoms with Crippen molar-refractivity contribution < 1.29 is 0 Å². The minimum absolute atomic E-state index is 0.362. The van der Waals surface area contributed by atoms with E-state index in [9.17, 15) is 0 Å². The van der Waals surface area contributed by atoms with Crippen LogP contribution < -0.4 is 0 Å². The summed E-state index contributed by atoms with van der Waals surface area (Å²) in [6.45, 7) is 0. The van der Waals surface area contributed by atoms with Crippen molar-refractivity contribution in [2.24, 2.45) is 0 Å². The van der Waals surface area contributed by atoms with Crippen molar-refractivity contribution in [1.29, 1.82) is 0 Å². The molecule has 0 spiro atoms. The SMILES string of the molecule is ClCc1cnnn1-c1ccc(Br)c(Cl)c1. The average Bonchev–Trinajstić information content (AvgIpc) is 2.70. The van der Waals surface area contributed by atoms with Crippen molar-refractivity contribution in [1.82, 2.24) is 15.0 Å². The molecular weight excluding hydrogens is 301 g/mol. The highest BCUT2D eigenvalue weighted by Crippen LogP contribution is 2.25. The number of nitrogens with zero attached hydrogens (tertiary/aromatic N) is 3. The third-order valence-electron chi connectivity index (χ3n) is 1.90. The number of benzene rings is 1. The van der Waals surface area contributed by atoms with Gasteiger partial charge in [-0.2, -0.15) is 0 Å². The van der Waals surface area contributed by atoms with E-state index >= 15 is 0 Å². The molecule has 0 aliphatic carbocycles. The molecule has 6 heteroatoms. The summed E-state index contributed by atoms with van der Waals surface area (Å²) in [5.41, 5.74) is 1.67. The Hall–Kier alpha value is -0.580. The van der Waals surface area contributed by atoms with Crippen LogP contribution in [-0.2, 0) is 5.88 Å². The average molecular weight is 307 g/mol. The molecule has 2 rings (SSSR count). The van der Waals surface area contributed by atoms with E-state index < -0.39 is 0 Å². The summed E-state index contributed by atoms with van der Waals surface area (Å²) in [5, 5.41) is 8.36. The van der Waals surface area contributed by atoms with Gasteiger partial charge in [-0.05, 0) is 34.1 Å². The molecule has 1 aromatic heterocycles. The highest BCUT2D eigenvalue weighted by Gasteiger charge is 2.06. The fraction of sp³-hybridized carbons (Fsp3) is 0.111. The highest BCUT2D eigenvalue weighted by atomic mass is 79.9. The van der Waals surface area contributed by atoms with Gasteiger partial charge in [0.25, 0.3) is 0 Å². The third-order valence-corrected chi connectivity index (χ3v) is 3.41. The first kappa shape index (κ1) is 10.9. The molecule has 1 aromatic carbocycles. The first-order valence-electron chi connectivity index (χ1n) is 4.13. The standard InChI is InChI=1S/C9H6BrCl2N3/c10-8-2-1-6(3-9(8)12)15-7(4-11)5-13-14-15/h1-3,5H,4H2. The van der Waals surface area contributed by atoms with Crippen molar-refractivity contribution in [2.45, 2.75) is 5.88 Å². The van der Waals surface area contributed by atoms with Gasteiger partial charge >= 0.3 is 0 Å². The molecule has 78 valence electrons. The summed E-state index contributed by atoms with van der Waals surface area (Å²) in [7, 11) is 0. The number of alkyl halides is 1. The molecular formula is C9H6BrCl2N3. The van der Waals surface area contributed by atoms with E-state index in [0.29, 0.717) is 10.9 Å². The molecule has 0 saturated carbocycles. The second-order valence-electron chi connectivity index (χ2n) is 2.87. The van der Waals surface area contributed by atoms with Crippen molar-refractivity contribution >= 4 is 39.1 Å². The molecule has 0 radical (unpaired) electrons. The Morgan fingerprint density at radius 3 is 2.87 bits per heavy atom. The molecule has 15 heavy (non-hydrogen) atoms. The van der Waals surface area contributed by atoms with Gasteiger partial charge in [0, 0.05) is 4.47 Å². The first-order chi connectivity index (χ1) is 7.22. The van der Waals surface area contributed by atoms with Gasteiger partial charge in [0.1, 0.15) is 0 Å². The van der Waals surface area contributed by atoms with Crippen molar-refractivity contribution in [3.05, 3.63) is 39.6 Å². The molecule has 0 fully saturated rings. The fourth-order valence-corrected chi connectivity index (χ4v) is 1.79. The predicted molar refractivity (Wildman–Crippen MR) is 63.6 cm³/mol. The molecule has 0 atom stereocenters. The highest BCUT2D eigenvalue weighted by molar-refractivity contribution is 9.10. The largest absolute Gasteiger partial charge is 0.216 e. The summed E-state index contributed by atoms with van der Waals surface area (Å²) in [5.74, 6) is 0.362. The minimum Gasteiger partial charge on any atom is -0.216 e. The van der Waals surface area contributed by atoms with Crippen LogP contribution in [0, 0.1) is 0 Å². The van der Waals surface area contributed by atoms with Crippen molar-refractivity contribution in [3.8, 4) is 5.69 Å². The zero-order valence-electron chi connectivity index (χ0n) is 7.49. The van der Waals surface area contributed by atoms with Gasteiger partial charge in [-0.15, -0.1) is 16.7 Å². The van der Waals surface area contributed by atoms with Gasteiger partial charge in [-0.1, -0.05) is 16.8 Å². The van der Waals surface area contributed by atoms with Gasteiger partial charge in [0.15, 0.2) is 0 Å². The van der Waals surface area contributed by atoms with Crippen LogP contribution in [0.5, 0.6) is 0 Å². The third kappa shape index (κ3) is 2.17. The molecule has 0 bridgehead atoms. The lowest BCUT2D eigenvalue weighted by Gasteiger charge is -2.04. The van der Waals surface area contributed by atoms with E-state index in [4.69, 9.17) is 23.2 Å². The van der Waals surface area contributed by atoms with Gasteiger partial charge in [0.2, 0.25) is 0 Å². The van der Waals surface area contributed by atoms with Crippen LogP contribution in [0.25, 0.3) is 5.69 Å². The van der Waals surface area contributed by atoms with E-state index in [2.05, 4.69) is 26.2 Å². The Morgan fingerprint density at radius 2 is 2.20 bits per heavy atom. The number of aromatic nitrogens is 3. The minimum atomic E-state index is 0.362. The zero-order valence-corrected chi connectivity index (χ0v) is 10.6. The van der Waals surface area contributed by atoms with E-state index in [1.165, 1.54) is 0 Å². The number of rotatable bonds is 2. The monoisotopic (exact) mass is 305 g/mol. The van der Waals surface area contributed by atoms with Crippen LogP contribution in [0.15, 0.2) is 28.9 Å². The lowest BCUT2D eigenvalue weighted by atomic mass is 10.3. The number of hydrogen-bond acceptors (Lipinski definition) is 2. The maximum atomic E-state index is 5.98. The van der Waals surface area contributed by atoms with E-state index in [0.717, 1.165) is 15.9 Å². The van der Waals surface area contributed by atoms with E-state index in [1.54, 1.807) is 16.9 Å². The van der Waals surface area contributed by atoms with Crippen LogP contribution in [-0.4, -0.2) is 15.0 Å². The zero-order chi connectivity index (χ0) is 10.8. The molecule has 0 aliphatic heterocycles. The van der Waals surface area contributed by atoms with E-state index in [1.807, 2.05) is 12.1 Å². The molecule has 0 unspecified atom stereocenters. The molecule has 0 N–H and O–H groups in total. The van der Waals surface area contributed by atoms with Gasteiger partial charge < -0.3 is 0 Å². The maximum absolute atomic E-state index is 5.98. The summed E-state index contributed by atoms with van der Waals surface area (Å²) in [4.78, 5) is 0. The number of halogens is 3. The summed E-state index contributed by atoms with van der Waals surface area (Å²) >= 11 is 15.1. The van der Waals surface area contributed by atoms with Gasteiger partial charge in [0.05, 0.1) is 28.5 Å². The maximum Gasteiger partial charge on any atom is 0.0793 e. The van der Waals surface area contributed by atoms with Gasteiger partial charge in [-0.25, -0.2) is 4.68 Å². The quantitative estimate of drug-likeness (QED) is 0.796. The van der Waals surface area contributed by atoms with Crippen LogP contribution in [0.4, 0.5) is 0 Å². The predicted octanol–water partition coefficient (Wildman–Crippen LogP) is 3.42. The Bertz CT molecular complexity index is 484. The van der Waals surface area contributed by atoms with Crippen molar-refractivity contribution in [3.63, 3.8) is 0 Å². The Labute approximate surface area is 105 Å². The molecule has 0 saturated heterocycles. The van der Waals surface area contributed by atoms with Crippen LogP contribution in [0.3, 0.4) is 0 Å². The second-order valence-corrected chi connectivity index (χ2v) is 4.40. The van der Waals surface area contributed by atoms with Crippen LogP contribution >= 0.6 is 39.1 Å². The Morgan fingerprint density at radius 1 is 1.40 bits per heavy atom. The first-order valence-corrected chi connectivity index (χ1v) is 5.84. The van der Waals surface area contributed by atoms with Crippen molar-refractivity contribution in [2.75, 3.05) is 0 Å². The number of hydrogen-bond donors (Lipinski definition) is 0. The Kier molecular flexibility index (Phi) is 3.29. The van der Waals surface area contributed by atoms with Crippen LogP contribution in [0.1, 0.15) is 5.69 Å². The fourth-order valence-electron chi connectivity index (χ4n) is 1.18. The lowest BCUT2D eigenvalue weighted by molar-refractivity contribution is 0.781. The van der Waals surface area contributed by atoms with Gasteiger partial charge in [-0.3, -0.25) is 0 Å².